The number of hydrogen-bond acceptors (Lipinski definition) is 8. The maximum Gasteiger partial charge on any atom is 0.322 e. The minimum absolute atomic E-state index is 0.225. The molecule has 4 heterocycles. The Hall–Kier alpha value is -3.02. The van der Waals surface area contributed by atoms with Crippen molar-refractivity contribution in [1.82, 2.24) is 34.8 Å². The number of carbonyl (C=O) groups excluding carboxylic acids is 1. The van der Waals surface area contributed by atoms with Gasteiger partial charge in [0.25, 0.3) is 0 Å². The zero-order valence-corrected chi connectivity index (χ0v) is 20.6. The van der Waals surface area contributed by atoms with Gasteiger partial charge in [-0.05, 0) is 37.0 Å². The van der Waals surface area contributed by atoms with Crippen LogP contribution in [0.3, 0.4) is 0 Å². The highest BCUT2D eigenvalue weighted by molar-refractivity contribution is 6.33. The fraction of sp³-hybridized carbons (Fsp3) is 0.522. The van der Waals surface area contributed by atoms with E-state index in [1.54, 1.807) is 41.2 Å². The van der Waals surface area contributed by atoms with Crippen LogP contribution in [0.15, 0.2) is 28.9 Å². The van der Waals surface area contributed by atoms with Gasteiger partial charge >= 0.3 is 6.03 Å². The van der Waals surface area contributed by atoms with Crippen LogP contribution in [0.5, 0.6) is 0 Å². The summed E-state index contributed by atoms with van der Waals surface area (Å²) in [6.07, 6.45) is 3.27. The molecule has 2 saturated heterocycles. The van der Waals surface area contributed by atoms with Gasteiger partial charge in [-0.1, -0.05) is 18.5 Å². The molecule has 2 aromatic heterocycles. The maximum atomic E-state index is 13.4. The summed E-state index contributed by atoms with van der Waals surface area (Å²) in [5.41, 5.74) is 1.26. The molecule has 2 aliphatic rings. The SMILES string of the molecule is CC1CCN(C(=O)Nc2ccc(Cl)c(-c3ncn(C)n3)c2)C(c2nnc(CN3CCOCC3)o2)C1. The van der Waals surface area contributed by atoms with E-state index in [-0.39, 0.29) is 12.1 Å². The Morgan fingerprint density at radius 1 is 1.23 bits per heavy atom. The molecule has 2 unspecified atom stereocenters. The number of piperidine rings is 1. The third-order valence-corrected chi connectivity index (χ3v) is 6.74. The van der Waals surface area contributed by atoms with E-state index >= 15 is 0 Å². The Labute approximate surface area is 208 Å². The molecule has 2 amide bonds. The highest BCUT2D eigenvalue weighted by Gasteiger charge is 2.35. The average Bonchev–Trinajstić information content (AvgIpc) is 3.50. The number of halogens is 1. The molecule has 2 atom stereocenters. The van der Waals surface area contributed by atoms with E-state index in [1.165, 1.54) is 0 Å². The summed E-state index contributed by atoms with van der Waals surface area (Å²) < 4.78 is 13.0. The van der Waals surface area contributed by atoms with E-state index in [2.05, 4.69) is 37.4 Å². The highest BCUT2D eigenvalue weighted by Crippen LogP contribution is 2.34. The van der Waals surface area contributed by atoms with E-state index in [4.69, 9.17) is 20.8 Å². The first-order valence-electron chi connectivity index (χ1n) is 11.8. The van der Waals surface area contributed by atoms with Gasteiger partial charge in [0.15, 0.2) is 5.82 Å². The average molecular weight is 501 g/mol. The number of rotatable bonds is 5. The predicted octanol–water partition coefficient (Wildman–Crippen LogP) is 3.36. The van der Waals surface area contributed by atoms with E-state index < -0.39 is 0 Å². The second-order valence-corrected chi connectivity index (χ2v) is 9.54. The number of benzene rings is 1. The largest absolute Gasteiger partial charge is 0.422 e. The van der Waals surface area contributed by atoms with Crippen molar-refractivity contribution in [3.8, 4) is 11.4 Å². The monoisotopic (exact) mass is 500 g/mol. The first kappa shape index (κ1) is 23.7. The summed E-state index contributed by atoms with van der Waals surface area (Å²) in [4.78, 5) is 21.6. The van der Waals surface area contributed by atoms with Gasteiger partial charge in [0.1, 0.15) is 12.4 Å². The summed E-state index contributed by atoms with van der Waals surface area (Å²) in [5, 5.41) is 16.4. The predicted molar refractivity (Wildman–Crippen MR) is 129 cm³/mol. The van der Waals surface area contributed by atoms with Crippen molar-refractivity contribution in [2.75, 3.05) is 38.2 Å². The molecule has 186 valence electrons. The molecule has 0 saturated carbocycles. The molecule has 3 aromatic rings. The number of aromatic nitrogens is 5. The highest BCUT2D eigenvalue weighted by atomic mass is 35.5. The van der Waals surface area contributed by atoms with Crippen molar-refractivity contribution >= 4 is 23.3 Å². The van der Waals surface area contributed by atoms with Crippen molar-refractivity contribution in [3.63, 3.8) is 0 Å². The molecule has 35 heavy (non-hydrogen) atoms. The maximum absolute atomic E-state index is 13.4. The van der Waals surface area contributed by atoms with Crippen LogP contribution >= 0.6 is 11.6 Å². The molecule has 1 aromatic carbocycles. The minimum atomic E-state index is -0.283. The first-order chi connectivity index (χ1) is 17.0. The van der Waals surface area contributed by atoms with Gasteiger partial charge < -0.3 is 19.4 Å². The van der Waals surface area contributed by atoms with E-state index in [0.717, 1.165) is 25.9 Å². The topological polar surface area (TPSA) is 114 Å². The van der Waals surface area contributed by atoms with Gasteiger partial charge in [-0.2, -0.15) is 5.10 Å². The summed E-state index contributed by atoms with van der Waals surface area (Å²) in [6, 6.07) is 4.77. The number of morpholine rings is 1. The van der Waals surface area contributed by atoms with Gasteiger partial charge in [0.05, 0.1) is 24.8 Å². The quantitative estimate of drug-likeness (QED) is 0.567. The number of carbonyl (C=O) groups is 1. The van der Waals surface area contributed by atoms with Crippen molar-refractivity contribution < 1.29 is 13.9 Å². The summed E-state index contributed by atoms with van der Waals surface area (Å²) >= 11 is 6.37. The van der Waals surface area contributed by atoms with Gasteiger partial charge in [-0.15, -0.1) is 10.2 Å². The Morgan fingerprint density at radius 2 is 2.06 bits per heavy atom. The molecule has 5 rings (SSSR count). The van der Waals surface area contributed by atoms with Gasteiger partial charge in [0.2, 0.25) is 11.8 Å². The Balaban J connectivity index is 1.31. The lowest BCUT2D eigenvalue weighted by Crippen LogP contribution is -2.43. The number of amides is 2. The summed E-state index contributed by atoms with van der Waals surface area (Å²) in [6.45, 7) is 6.45. The zero-order chi connectivity index (χ0) is 24.4. The molecular formula is C23H29ClN8O3. The van der Waals surface area contributed by atoms with Crippen LogP contribution in [0.4, 0.5) is 10.5 Å². The second-order valence-electron chi connectivity index (χ2n) is 9.13. The van der Waals surface area contributed by atoms with Gasteiger partial charge in [0, 0.05) is 37.9 Å². The molecule has 0 radical (unpaired) electrons. The molecular weight excluding hydrogens is 472 g/mol. The van der Waals surface area contributed by atoms with Crippen molar-refractivity contribution in [2.45, 2.75) is 32.4 Å². The summed E-state index contributed by atoms with van der Waals surface area (Å²) in [7, 11) is 1.79. The van der Waals surface area contributed by atoms with Crippen LogP contribution in [0.2, 0.25) is 5.02 Å². The number of hydrogen-bond donors (Lipinski definition) is 1. The third kappa shape index (κ3) is 5.47. The normalized spacial score (nSPS) is 21.3. The first-order valence-corrected chi connectivity index (χ1v) is 12.2. The molecule has 0 bridgehead atoms. The lowest BCUT2D eigenvalue weighted by molar-refractivity contribution is 0.0300. The molecule has 0 aliphatic carbocycles. The van der Waals surface area contributed by atoms with Gasteiger partial charge in [-0.25, -0.2) is 9.78 Å². The minimum Gasteiger partial charge on any atom is -0.422 e. The van der Waals surface area contributed by atoms with Crippen LogP contribution in [-0.2, 0) is 18.3 Å². The number of aryl methyl sites for hydroxylation is 1. The molecule has 2 aliphatic heterocycles. The Morgan fingerprint density at radius 3 is 2.83 bits per heavy atom. The Kier molecular flexibility index (Phi) is 6.98. The Bertz CT molecular complexity index is 1180. The molecule has 12 heteroatoms. The number of nitrogens with zero attached hydrogens (tertiary/aromatic N) is 7. The van der Waals surface area contributed by atoms with Crippen molar-refractivity contribution in [1.29, 1.82) is 0 Å². The fourth-order valence-corrected chi connectivity index (χ4v) is 4.67. The number of nitrogens with one attached hydrogen (secondary N) is 1. The second kappa shape index (κ2) is 10.3. The molecule has 11 nitrogen and oxygen atoms in total. The molecule has 0 spiro atoms. The van der Waals surface area contributed by atoms with E-state index in [9.17, 15) is 4.79 Å². The van der Waals surface area contributed by atoms with Crippen molar-refractivity contribution in [3.05, 3.63) is 41.3 Å². The van der Waals surface area contributed by atoms with Gasteiger partial charge in [-0.3, -0.25) is 9.58 Å². The van der Waals surface area contributed by atoms with Crippen LogP contribution in [-0.4, -0.2) is 73.6 Å². The summed E-state index contributed by atoms with van der Waals surface area (Å²) in [5.74, 6) is 1.98. The fourth-order valence-electron chi connectivity index (χ4n) is 4.47. The standard InChI is InChI=1S/C23H29ClN8O3/c1-15-5-6-32(19(11-15)22-28-27-20(35-22)13-31-7-9-34-10-8-31)23(33)26-16-3-4-18(24)17(12-16)21-25-14-30(2)29-21/h3-4,12,14-15,19H,5-11,13H2,1-2H3,(H,26,33). The smallest absolute Gasteiger partial charge is 0.322 e. The number of likely N-dealkylation sites (tertiary alicyclic amines) is 1. The number of ether oxygens (including phenoxy) is 1. The van der Waals surface area contributed by atoms with E-state index in [0.29, 0.717) is 66.1 Å². The third-order valence-electron chi connectivity index (χ3n) is 6.41. The van der Waals surface area contributed by atoms with Crippen molar-refractivity contribution in [2.24, 2.45) is 13.0 Å². The van der Waals surface area contributed by atoms with Crippen LogP contribution < -0.4 is 5.32 Å². The molecule has 2 fully saturated rings. The van der Waals surface area contributed by atoms with E-state index in [1.807, 2.05) is 0 Å². The number of anilines is 1. The number of urea groups is 1. The van der Waals surface area contributed by atoms with Crippen LogP contribution in [0.1, 0.15) is 37.6 Å². The zero-order valence-electron chi connectivity index (χ0n) is 19.9. The lowest BCUT2D eigenvalue weighted by Gasteiger charge is -2.36. The van der Waals surface area contributed by atoms with Crippen LogP contribution in [0.25, 0.3) is 11.4 Å². The van der Waals surface area contributed by atoms with Crippen LogP contribution in [0, 0.1) is 5.92 Å². The lowest BCUT2D eigenvalue weighted by atomic mass is 9.92. The molecule has 1 N–H and O–H groups in total.